The van der Waals surface area contributed by atoms with E-state index in [1.165, 1.54) is 0 Å². The predicted octanol–water partition coefficient (Wildman–Crippen LogP) is 3.38. The second kappa shape index (κ2) is 10.9. The van der Waals surface area contributed by atoms with Crippen LogP contribution < -0.4 is 10.1 Å². The lowest BCUT2D eigenvalue weighted by Gasteiger charge is -2.35. The third-order valence-corrected chi connectivity index (χ3v) is 5.77. The second-order valence-electron chi connectivity index (χ2n) is 8.22. The van der Waals surface area contributed by atoms with Crippen LogP contribution >= 0.6 is 0 Å². The molecule has 0 bridgehead atoms. The molecule has 0 saturated carbocycles. The number of carbonyl (C=O) groups excluding carboxylic acids is 1. The molecule has 4 rings (SSSR count). The van der Waals surface area contributed by atoms with Crippen LogP contribution in [-0.4, -0.2) is 60.5 Å². The van der Waals surface area contributed by atoms with Gasteiger partial charge in [0.15, 0.2) is 0 Å². The maximum absolute atomic E-state index is 13.1. The highest BCUT2D eigenvalue weighted by molar-refractivity contribution is 5.94. The molecular weight excluding hydrogens is 400 g/mol. The Hall–Kier alpha value is -3.22. The van der Waals surface area contributed by atoms with Gasteiger partial charge in [-0.05, 0) is 36.9 Å². The number of rotatable bonds is 8. The van der Waals surface area contributed by atoms with Crippen LogP contribution in [-0.2, 0) is 6.61 Å². The van der Waals surface area contributed by atoms with Crippen LogP contribution in [0.1, 0.15) is 27.5 Å². The fourth-order valence-corrected chi connectivity index (χ4v) is 3.83. The molecule has 32 heavy (non-hydrogen) atoms. The van der Waals surface area contributed by atoms with Gasteiger partial charge in [0.05, 0.1) is 6.04 Å². The van der Waals surface area contributed by atoms with E-state index in [2.05, 4.69) is 39.3 Å². The molecule has 166 valence electrons. The van der Waals surface area contributed by atoms with Gasteiger partial charge < -0.3 is 15.0 Å². The number of nitrogens with one attached hydrogen (secondary N) is 1. The number of aromatic nitrogens is 1. The Morgan fingerprint density at radius 3 is 2.59 bits per heavy atom. The maximum atomic E-state index is 13.1. The normalized spacial score (nSPS) is 15.8. The van der Waals surface area contributed by atoms with Crippen molar-refractivity contribution in [3.63, 3.8) is 0 Å². The van der Waals surface area contributed by atoms with Gasteiger partial charge in [-0.3, -0.25) is 14.7 Å². The Bertz CT molecular complexity index is 989. The van der Waals surface area contributed by atoms with E-state index < -0.39 is 0 Å². The zero-order chi connectivity index (χ0) is 22.2. The minimum atomic E-state index is -0.0974. The molecular formula is C26H30N4O2. The molecule has 6 nitrogen and oxygen atoms in total. The molecule has 1 aliphatic heterocycles. The first-order chi connectivity index (χ1) is 15.7. The standard InChI is InChI=1S/C26H30N4O2/c1-29-13-15-30(16-14-29)19-25(22-8-3-2-4-9-22)28-26(31)23-10-5-11-24(17-23)32-20-21-7-6-12-27-18-21/h2-12,17-18,25H,13-16,19-20H2,1H3,(H,28,31). The van der Waals surface area contributed by atoms with Gasteiger partial charge >= 0.3 is 0 Å². The third-order valence-electron chi connectivity index (χ3n) is 5.77. The van der Waals surface area contributed by atoms with Crippen molar-refractivity contribution in [2.24, 2.45) is 0 Å². The third kappa shape index (κ3) is 6.15. The van der Waals surface area contributed by atoms with E-state index in [0.717, 1.165) is 43.9 Å². The quantitative estimate of drug-likeness (QED) is 0.594. The lowest BCUT2D eigenvalue weighted by Crippen LogP contribution is -2.47. The van der Waals surface area contributed by atoms with E-state index in [1.807, 2.05) is 48.5 Å². The van der Waals surface area contributed by atoms with Crippen molar-refractivity contribution >= 4 is 5.91 Å². The van der Waals surface area contributed by atoms with E-state index in [-0.39, 0.29) is 11.9 Å². The first kappa shape index (κ1) is 22.0. The molecule has 3 aromatic rings. The number of hydrogen-bond donors (Lipinski definition) is 1. The molecule has 0 aliphatic carbocycles. The summed E-state index contributed by atoms with van der Waals surface area (Å²) in [6.07, 6.45) is 3.51. The van der Waals surface area contributed by atoms with Crippen LogP contribution in [0.2, 0.25) is 0 Å². The average molecular weight is 431 g/mol. The monoisotopic (exact) mass is 430 g/mol. The molecule has 6 heteroatoms. The van der Waals surface area contributed by atoms with E-state index in [1.54, 1.807) is 18.5 Å². The molecule has 1 unspecified atom stereocenters. The fraction of sp³-hybridized carbons (Fsp3) is 0.308. The van der Waals surface area contributed by atoms with Gasteiger partial charge in [0.25, 0.3) is 5.91 Å². The first-order valence-corrected chi connectivity index (χ1v) is 11.1. The second-order valence-corrected chi connectivity index (χ2v) is 8.22. The van der Waals surface area contributed by atoms with E-state index >= 15 is 0 Å². The molecule has 1 aliphatic rings. The van der Waals surface area contributed by atoms with Crippen molar-refractivity contribution in [1.29, 1.82) is 0 Å². The Morgan fingerprint density at radius 2 is 1.84 bits per heavy atom. The number of benzene rings is 2. The van der Waals surface area contributed by atoms with Crippen LogP contribution in [0.15, 0.2) is 79.1 Å². The van der Waals surface area contributed by atoms with Gasteiger partial charge in [0.1, 0.15) is 12.4 Å². The summed E-state index contributed by atoms with van der Waals surface area (Å²) in [7, 11) is 2.15. The van der Waals surface area contributed by atoms with Crippen LogP contribution in [0.25, 0.3) is 0 Å². The maximum Gasteiger partial charge on any atom is 0.251 e. The van der Waals surface area contributed by atoms with E-state index in [0.29, 0.717) is 17.9 Å². The number of pyridine rings is 1. The summed E-state index contributed by atoms with van der Waals surface area (Å²) in [6, 6.07) is 21.3. The number of piperazine rings is 1. The van der Waals surface area contributed by atoms with Gasteiger partial charge in [-0.15, -0.1) is 0 Å². The smallest absolute Gasteiger partial charge is 0.251 e. The van der Waals surface area contributed by atoms with Gasteiger partial charge in [0, 0.05) is 56.2 Å². The lowest BCUT2D eigenvalue weighted by atomic mass is 10.0. The Kier molecular flexibility index (Phi) is 7.48. The molecule has 1 N–H and O–H groups in total. The van der Waals surface area contributed by atoms with Crippen LogP contribution in [0.5, 0.6) is 5.75 Å². The summed E-state index contributed by atoms with van der Waals surface area (Å²) in [5.74, 6) is 0.566. The van der Waals surface area contributed by atoms with Crippen molar-refractivity contribution in [2.75, 3.05) is 39.8 Å². The number of ether oxygens (including phenoxy) is 1. The molecule has 1 saturated heterocycles. The number of nitrogens with zero attached hydrogens (tertiary/aromatic N) is 3. The highest BCUT2D eigenvalue weighted by atomic mass is 16.5. The largest absolute Gasteiger partial charge is 0.489 e. The summed E-state index contributed by atoms with van der Waals surface area (Å²) in [6.45, 7) is 5.31. The zero-order valence-electron chi connectivity index (χ0n) is 18.5. The molecule has 0 spiro atoms. The van der Waals surface area contributed by atoms with Gasteiger partial charge in [-0.2, -0.15) is 0 Å². The molecule has 1 aromatic heterocycles. The summed E-state index contributed by atoms with van der Waals surface area (Å²) in [4.78, 5) is 22.0. The summed E-state index contributed by atoms with van der Waals surface area (Å²) >= 11 is 0. The highest BCUT2D eigenvalue weighted by Crippen LogP contribution is 2.19. The van der Waals surface area contributed by atoms with Crippen molar-refractivity contribution in [2.45, 2.75) is 12.6 Å². The SMILES string of the molecule is CN1CCN(CC(NC(=O)c2cccc(OCc3cccnc3)c2)c2ccccc2)CC1. The van der Waals surface area contributed by atoms with Crippen LogP contribution in [0, 0.1) is 0 Å². The Labute approximate surface area is 189 Å². The Balaban J connectivity index is 1.43. The van der Waals surface area contributed by atoms with E-state index in [9.17, 15) is 4.79 Å². The summed E-state index contributed by atoms with van der Waals surface area (Å²) in [5.41, 5.74) is 2.69. The fourth-order valence-electron chi connectivity index (χ4n) is 3.83. The minimum Gasteiger partial charge on any atom is -0.489 e. The number of likely N-dealkylation sites (N-methyl/N-ethyl adjacent to an activating group) is 1. The number of carbonyl (C=O) groups is 1. The van der Waals surface area contributed by atoms with Gasteiger partial charge in [-0.1, -0.05) is 42.5 Å². The molecule has 2 heterocycles. The minimum absolute atomic E-state index is 0.0768. The molecule has 2 aromatic carbocycles. The van der Waals surface area contributed by atoms with Gasteiger partial charge in [-0.25, -0.2) is 0 Å². The summed E-state index contributed by atoms with van der Waals surface area (Å²) in [5, 5.41) is 3.25. The molecule has 1 fully saturated rings. The zero-order valence-corrected chi connectivity index (χ0v) is 18.5. The summed E-state index contributed by atoms with van der Waals surface area (Å²) < 4.78 is 5.87. The van der Waals surface area contributed by atoms with Crippen molar-refractivity contribution in [3.05, 3.63) is 95.8 Å². The number of amides is 1. The Morgan fingerprint density at radius 1 is 1.03 bits per heavy atom. The van der Waals surface area contributed by atoms with Crippen molar-refractivity contribution in [3.8, 4) is 5.75 Å². The van der Waals surface area contributed by atoms with Crippen LogP contribution in [0.4, 0.5) is 0 Å². The molecule has 0 radical (unpaired) electrons. The van der Waals surface area contributed by atoms with Crippen molar-refractivity contribution in [1.82, 2.24) is 20.1 Å². The molecule has 1 amide bonds. The predicted molar refractivity (Wildman–Crippen MR) is 126 cm³/mol. The number of hydrogen-bond acceptors (Lipinski definition) is 5. The van der Waals surface area contributed by atoms with Gasteiger partial charge in [0.2, 0.25) is 0 Å². The van der Waals surface area contributed by atoms with Crippen LogP contribution in [0.3, 0.4) is 0 Å². The average Bonchev–Trinajstić information content (AvgIpc) is 2.85. The van der Waals surface area contributed by atoms with E-state index in [4.69, 9.17) is 4.74 Å². The van der Waals surface area contributed by atoms with Crippen molar-refractivity contribution < 1.29 is 9.53 Å². The first-order valence-electron chi connectivity index (χ1n) is 11.1. The highest BCUT2D eigenvalue weighted by Gasteiger charge is 2.22. The lowest BCUT2D eigenvalue weighted by molar-refractivity contribution is 0.0906. The molecule has 1 atom stereocenters. The topological polar surface area (TPSA) is 57.7 Å².